The minimum atomic E-state index is -3.42. The Labute approximate surface area is 96.1 Å². The van der Waals surface area contributed by atoms with Crippen molar-refractivity contribution in [2.45, 2.75) is 31.8 Å². The molecule has 0 N–H and O–H groups in total. The second-order valence-electron chi connectivity index (χ2n) is 3.40. The largest absolute Gasteiger partial charge is 0.267 e. The first-order valence-corrected chi connectivity index (χ1v) is 6.81. The predicted octanol–water partition coefficient (Wildman–Crippen LogP) is 2.39. The molecular formula is C9H17N3O3S. The van der Waals surface area contributed by atoms with Crippen LogP contribution in [0.4, 0.5) is 0 Å². The molecule has 1 atom stereocenters. The Morgan fingerprint density at radius 3 is 2.75 bits per heavy atom. The SMILES string of the molecule is C=CC[C@@H](CCCCN=[N+]=[N-])OS(C)(=O)=O. The molecule has 16 heavy (non-hydrogen) atoms. The van der Waals surface area contributed by atoms with Crippen molar-refractivity contribution in [1.29, 1.82) is 0 Å². The van der Waals surface area contributed by atoms with Crippen LogP contribution >= 0.6 is 0 Å². The minimum Gasteiger partial charge on any atom is -0.267 e. The van der Waals surface area contributed by atoms with Gasteiger partial charge in [-0.05, 0) is 24.8 Å². The van der Waals surface area contributed by atoms with Crippen LogP contribution < -0.4 is 0 Å². The Hall–Kier alpha value is -1.04. The lowest BCUT2D eigenvalue weighted by Gasteiger charge is -2.13. The van der Waals surface area contributed by atoms with E-state index in [0.717, 1.165) is 19.1 Å². The van der Waals surface area contributed by atoms with Crippen LogP contribution in [0, 0.1) is 0 Å². The summed E-state index contributed by atoms with van der Waals surface area (Å²) in [5, 5.41) is 3.39. The highest BCUT2D eigenvalue weighted by atomic mass is 32.2. The van der Waals surface area contributed by atoms with Crippen molar-refractivity contribution in [2.24, 2.45) is 5.11 Å². The number of hydrogen-bond donors (Lipinski definition) is 0. The molecule has 0 spiro atoms. The van der Waals surface area contributed by atoms with E-state index in [1.54, 1.807) is 6.08 Å². The highest BCUT2D eigenvalue weighted by molar-refractivity contribution is 7.86. The summed E-state index contributed by atoms with van der Waals surface area (Å²) in [6.45, 7) is 3.97. The Morgan fingerprint density at radius 1 is 1.56 bits per heavy atom. The molecule has 0 bridgehead atoms. The Morgan fingerprint density at radius 2 is 2.25 bits per heavy atom. The molecule has 0 aliphatic heterocycles. The maximum atomic E-state index is 10.9. The summed E-state index contributed by atoms with van der Waals surface area (Å²) in [6.07, 6.45) is 4.89. The van der Waals surface area contributed by atoms with E-state index in [0.29, 0.717) is 19.4 Å². The molecule has 0 fully saturated rings. The third kappa shape index (κ3) is 9.51. The topological polar surface area (TPSA) is 92.1 Å². The van der Waals surface area contributed by atoms with Crippen LogP contribution in [-0.2, 0) is 14.3 Å². The molecule has 92 valence electrons. The first kappa shape index (κ1) is 15.0. The Bertz CT molecular complexity index is 347. The predicted molar refractivity (Wildman–Crippen MR) is 62.4 cm³/mol. The Balaban J connectivity index is 3.94. The molecule has 0 saturated heterocycles. The smallest absolute Gasteiger partial charge is 0.264 e. The Kier molecular flexibility index (Phi) is 7.62. The molecule has 0 rings (SSSR count). The molecule has 0 unspecified atom stereocenters. The maximum absolute atomic E-state index is 10.9. The molecule has 0 aliphatic carbocycles. The summed E-state index contributed by atoms with van der Waals surface area (Å²) in [7, 11) is -3.42. The van der Waals surface area contributed by atoms with Crippen molar-refractivity contribution in [3.8, 4) is 0 Å². The summed E-state index contributed by atoms with van der Waals surface area (Å²) in [4.78, 5) is 2.63. The molecule has 0 saturated carbocycles. The molecule has 0 aromatic rings. The molecule has 0 amide bonds. The summed E-state index contributed by atoms with van der Waals surface area (Å²) in [6, 6.07) is 0. The first-order chi connectivity index (χ1) is 7.49. The van der Waals surface area contributed by atoms with Gasteiger partial charge in [0.2, 0.25) is 0 Å². The zero-order valence-electron chi connectivity index (χ0n) is 9.37. The van der Waals surface area contributed by atoms with Crippen LogP contribution in [0.2, 0.25) is 0 Å². The molecule has 0 aliphatic rings. The van der Waals surface area contributed by atoms with Crippen molar-refractivity contribution in [3.63, 3.8) is 0 Å². The molecule has 0 aromatic carbocycles. The average molecular weight is 247 g/mol. The van der Waals surface area contributed by atoms with E-state index < -0.39 is 10.1 Å². The second-order valence-corrected chi connectivity index (χ2v) is 5.00. The second kappa shape index (κ2) is 8.15. The lowest BCUT2D eigenvalue weighted by molar-refractivity contribution is 0.200. The fourth-order valence-corrected chi connectivity index (χ4v) is 1.91. The van der Waals surface area contributed by atoms with Gasteiger partial charge in [0.15, 0.2) is 0 Å². The van der Waals surface area contributed by atoms with E-state index in [9.17, 15) is 8.42 Å². The molecular weight excluding hydrogens is 230 g/mol. The molecule has 0 aromatic heterocycles. The zero-order chi connectivity index (χ0) is 12.4. The summed E-state index contributed by atoms with van der Waals surface area (Å²) in [5.74, 6) is 0. The quantitative estimate of drug-likeness (QED) is 0.156. The third-order valence-corrected chi connectivity index (χ3v) is 2.46. The van der Waals surface area contributed by atoms with Gasteiger partial charge in [-0.3, -0.25) is 4.18 Å². The number of rotatable bonds is 9. The molecule has 0 radical (unpaired) electrons. The van der Waals surface area contributed by atoms with Crippen LogP contribution in [0.25, 0.3) is 10.4 Å². The highest BCUT2D eigenvalue weighted by Crippen LogP contribution is 2.12. The van der Waals surface area contributed by atoms with E-state index in [-0.39, 0.29) is 6.10 Å². The molecule has 0 heterocycles. The van der Waals surface area contributed by atoms with Crippen molar-refractivity contribution in [3.05, 3.63) is 23.1 Å². The van der Waals surface area contributed by atoms with Crippen molar-refractivity contribution in [2.75, 3.05) is 12.8 Å². The number of unbranched alkanes of at least 4 members (excludes halogenated alkanes) is 1. The fourth-order valence-electron chi connectivity index (χ4n) is 1.24. The lowest BCUT2D eigenvalue weighted by atomic mass is 10.1. The zero-order valence-corrected chi connectivity index (χ0v) is 10.2. The number of hydrogen-bond acceptors (Lipinski definition) is 4. The van der Waals surface area contributed by atoms with Gasteiger partial charge >= 0.3 is 0 Å². The van der Waals surface area contributed by atoms with Crippen LogP contribution in [0.5, 0.6) is 0 Å². The normalized spacial score (nSPS) is 12.8. The summed E-state index contributed by atoms with van der Waals surface area (Å²) in [5.41, 5.74) is 8.05. The van der Waals surface area contributed by atoms with Gasteiger partial charge in [-0.15, -0.1) is 6.58 Å². The molecule has 7 heteroatoms. The van der Waals surface area contributed by atoms with Gasteiger partial charge in [0.25, 0.3) is 10.1 Å². The highest BCUT2D eigenvalue weighted by Gasteiger charge is 2.13. The van der Waals surface area contributed by atoms with E-state index >= 15 is 0 Å². The van der Waals surface area contributed by atoms with Gasteiger partial charge in [-0.25, -0.2) is 0 Å². The summed E-state index contributed by atoms with van der Waals surface area (Å²) < 4.78 is 26.7. The van der Waals surface area contributed by atoms with E-state index in [1.165, 1.54) is 0 Å². The van der Waals surface area contributed by atoms with Gasteiger partial charge in [-0.2, -0.15) is 8.42 Å². The van der Waals surface area contributed by atoms with Crippen LogP contribution in [0.1, 0.15) is 25.7 Å². The van der Waals surface area contributed by atoms with Crippen molar-refractivity contribution >= 4 is 10.1 Å². The van der Waals surface area contributed by atoms with Crippen LogP contribution in [-0.4, -0.2) is 27.3 Å². The van der Waals surface area contributed by atoms with E-state index in [4.69, 9.17) is 9.71 Å². The van der Waals surface area contributed by atoms with Crippen LogP contribution in [0.15, 0.2) is 17.8 Å². The third-order valence-electron chi connectivity index (χ3n) is 1.84. The maximum Gasteiger partial charge on any atom is 0.264 e. The monoisotopic (exact) mass is 247 g/mol. The van der Waals surface area contributed by atoms with Gasteiger partial charge in [0.1, 0.15) is 0 Å². The lowest BCUT2D eigenvalue weighted by Crippen LogP contribution is -2.17. The van der Waals surface area contributed by atoms with Gasteiger partial charge in [0.05, 0.1) is 12.4 Å². The van der Waals surface area contributed by atoms with Gasteiger partial charge in [-0.1, -0.05) is 17.6 Å². The average Bonchev–Trinajstić information content (AvgIpc) is 2.15. The van der Waals surface area contributed by atoms with Crippen molar-refractivity contribution < 1.29 is 12.6 Å². The first-order valence-electron chi connectivity index (χ1n) is 4.99. The van der Waals surface area contributed by atoms with Crippen molar-refractivity contribution in [1.82, 2.24) is 0 Å². The van der Waals surface area contributed by atoms with Gasteiger partial charge in [0, 0.05) is 11.5 Å². The van der Waals surface area contributed by atoms with Gasteiger partial charge < -0.3 is 0 Å². The van der Waals surface area contributed by atoms with E-state index in [1.807, 2.05) is 0 Å². The number of nitrogens with zero attached hydrogens (tertiary/aromatic N) is 3. The minimum absolute atomic E-state index is 0.362. The number of azide groups is 1. The summed E-state index contributed by atoms with van der Waals surface area (Å²) >= 11 is 0. The fraction of sp³-hybridized carbons (Fsp3) is 0.778. The standard InChI is InChI=1S/C9H17N3O3S/c1-3-6-9(15-16(2,13)14)7-4-5-8-11-12-10/h3,9H,1,4-8H2,2H3/t9-/m0/s1. The molecule has 6 nitrogen and oxygen atoms in total. The van der Waals surface area contributed by atoms with E-state index in [2.05, 4.69) is 16.6 Å². The van der Waals surface area contributed by atoms with Crippen LogP contribution in [0.3, 0.4) is 0 Å².